The third-order valence-electron chi connectivity index (χ3n) is 2.54. The van der Waals surface area contributed by atoms with Gasteiger partial charge < -0.3 is 14.2 Å². The Kier molecular flexibility index (Phi) is 4.71. The van der Waals surface area contributed by atoms with Gasteiger partial charge in [0.1, 0.15) is 12.4 Å². The quantitative estimate of drug-likeness (QED) is 0.811. The van der Waals surface area contributed by atoms with Gasteiger partial charge in [0.05, 0.1) is 12.3 Å². The van der Waals surface area contributed by atoms with Crippen molar-refractivity contribution >= 4 is 10.0 Å². The molecule has 1 N–H and O–H groups in total. The van der Waals surface area contributed by atoms with Gasteiger partial charge in [-0.05, 0) is 19.1 Å². The van der Waals surface area contributed by atoms with Crippen molar-refractivity contribution in [2.24, 2.45) is 0 Å². The van der Waals surface area contributed by atoms with Gasteiger partial charge in [0.2, 0.25) is 16.8 Å². The van der Waals surface area contributed by atoms with Crippen LogP contribution in [-0.4, -0.2) is 34.1 Å². The van der Waals surface area contributed by atoms with Gasteiger partial charge in [-0.15, -0.1) is 0 Å². The van der Waals surface area contributed by atoms with Crippen LogP contribution in [0.5, 0.6) is 17.2 Å². The summed E-state index contributed by atoms with van der Waals surface area (Å²) in [5.74, 6) is 7.41. The molecule has 1 heterocycles. The molecule has 1 aliphatic heterocycles. The fraction of sp³-hybridized carbons (Fsp3) is 0.385. The molecule has 0 saturated carbocycles. The monoisotopic (exact) mass is 297 g/mol. The van der Waals surface area contributed by atoms with Crippen LogP contribution in [-0.2, 0) is 10.0 Å². The zero-order chi connectivity index (χ0) is 14.4. The average Bonchev–Trinajstić information content (AvgIpc) is 2.90. The van der Waals surface area contributed by atoms with Gasteiger partial charge in [0.25, 0.3) is 0 Å². The van der Waals surface area contributed by atoms with Crippen molar-refractivity contribution < 1.29 is 22.6 Å². The Bertz CT molecular complexity index is 630. The van der Waals surface area contributed by atoms with Crippen LogP contribution in [0.3, 0.4) is 0 Å². The molecule has 0 saturated heterocycles. The second-order valence-corrected chi connectivity index (χ2v) is 5.98. The molecule has 7 heteroatoms. The van der Waals surface area contributed by atoms with Crippen LogP contribution in [0.4, 0.5) is 0 Å². The predicted octanol–water partition coefficient (Wildman–Crippen LogP) is 0.737. The molecular formula is C13H15NO5S. The Morgan fingerprint density at radius 3 is 2.90 bits per heavy atom. The first-order valence-electron chi connectivity index (χ1n) is 6.06. The van der Waals surface area contributed by atoms with Crippen LogP contribution in [0.15, 0.2) is 18.2 Å². The van der Waals surface area contributed by atoms with Crippen molar-refractivity contribution in [1.82, 2.24) is 4.72 Å². The summed E-state index contributed by atoms with van der Waals surface area (Å²) in [6.45, 7) is 2.04. The van der Waals surface area contributed by atoms with Gasteiger partial charge >= 0.3 is 0 Å². The maximum atomic E-state index is 11.1. The number of rotatable bonds is 5. The molecule has 0 fully saturated rings. The molecule has 6 nitrogen and oxygen atoms in total. The van der Waals surface area contributed by atoms with E-state index in [1.165, 1.54) is 0 Å². The number of hydrogen-bond acceptors (Lipinski definition) is 5. The molecule has 0 amide bonds. The Hall–Kier alpha value is -1.91. The molecule has 0 atom stereocenters. The fourth-order valence-corrected chi connectivity index (χ4v) is 1.94. The molecule has 1 aromatic carbocycles. The summed E-state index contributed by atoms with van der Waals surface area (Å²) in [4.78, 5) is 0. The van der Waals surface area contributed by atoms with Crippen LogP contribution in [0.25, 0.3) is 0 Å². The second kappa shape index (κ2) is 6.50. The smallest absolute Gasteiger partial charge is 0.231 e. The summed E-state index contributed by atoms with van der Waals surface area (Å²) in [6.07, 6.45) is 0. The molecule has 0 unspecified atom stereocenters. The van der Waals surface area contributed by atoms with Crippen molar-refractivity contribution in [3.63, 3.8) is 0 Å². The minimum absolute atomic E-state index is 0.0440. The normalized spacial score (nSPS) is 12.7. The predicted molar refractivity (Wildman–Crippen MR) is 73.3 cm³/mol. The van der Waals surface area contributed by atoms with Gasteiger partial charge in [0.15, 0.2) is 11.5 Å². The maximum absolute atomic E-state index is 11.1. The highest BCUT2D eigenvalue weighted by atomic mass is 32.2. The van der Waals surface area contributed by atoms with Gasteiger partial charge in [-0.3, -0.25) is 0 Å². The molecule has 1 aromatic rings. The van der Waals surface area contributed by atoms with E-state index in [4.69, 9.17) is 14.2 Å². The second-order valence-electron chi connectivity index (χ2n) is 3.88. The van der Waals surface area contributed by atoms with E-state index in [0.29, 0.717) is 17.2 Å². The van der Waals surface area contributed by atoms with Gasteiger partial charge in [-0.2, -0.15) is 0 Å². The van der Waals surface area contributed by atoms with Crippen molar-refractivity contribution in [3.05, 3.63) is 18.2 Å². The number of fused-ring (bicyclic) bond motifs is 1. The summed E-state index contributed by atoms with van der Waals surface area (Å²) in [7, 11) is -3.19. The molecule has 20 heavy (non-hydrogen) atoms. The number of ether oxygens (including phenoxy) is 3. The Labute approximate surface area is 118 Å². The van der Waals surface area contributed by atoms with E-state index >= 15 is 0 Å². The van der Waals surface area contributed by atoms with Crippen LogP contribution < -0.4 is 18.9 Å². The SMILES string of the molecule is CCS(=O)(=O)NCC#CCOc1ccc2c(c1)OCO2. The van der Waals surface area contributed by atoms with E-state index in [9.17, 15) is 8.42 Å². The fourth-order valence-electron chi connectivity index (χ4n) is 1.45. The third-order valence-corrected chi connectivity index (χ3v) is 3.88. The van der Waals surface area contributed by atoms with Crippen molar-refractivity contribution in [2.45, 2.75) is 6.92 Å². The van der Waals surface area contributed by atoms with E-state index in [1.54, 1.807) is 25.1 Å². The van der Waals surface area contributed by atoms with Crippen LogP contribution >= 0.6 is 0 Å². The zero-order valence-corrected chi connectivity index (χ0v) is 11.8. The Morgan fingerprint density at radius 2 is 2.10 bits per heavy atom. The molecule has 108 valence electrons. The van der Waals surface area contributed by atoms with Gasteiger partial charge in [-0.1, -0.05) is 11.8 Å². The first kappa shape index (κ1) is 14.5. The van der Waals surface area contributed by atoms with E-state index in [1.807, 2.05) is 0 Å². The molecule has 0 bridgehead atoms. The summed E-state index contributed by atoms with van der Waals surface area (Å²) in [5, 5.41) is 0. The van der Waals surface area contributed by atoms with Crippen LogP contribution in [0.1, 0.15) is 6.92 Å². The van der Waals surface area contributed by atoms with Crippen LogP contribution in [0.2, 0.25) is 0 Å². The van der Waals surface area contributed by atoms with Gasteiger partial charge in [0, 0.05) is 6.07 Å². The zero-order valence-electron chi connectivity index (χ0n) is 11.0. The van der Waals surface area contributed by atoms with Crippen molar-refractivity contribution in [2.75, 3.05) is 25.7 Å². The average molecular weight is 297 g/mol. The molecule has 2 rings (SSSR count). The van der Waals surface area contributed by atoms with E-state index < -0.39 is 10.0 Å². The summed E-state index contributed by atoms with van der Waals surface area (Å²) in [5.41, 5.74) is 0. The summed E-state index contributed by atoms with van der Waals surface area (Å²) in [6, 6.07) is 5.25. The molecule has 0 aromatic heterocycles. The maximum Gasteiger partial charge on any atom is 0.231 e. The third kappa shape index (κ3) is 4.05. The number of sulfonamides is 1. The minimum Gasteiger partial charge on any atom is -0.481 e. The minimum atomic E-state index is -3.19. The molecule has 0 spiro atoms. The lowest BCUT2D eigenvalue weighted by molar-refractivity contribution is 0.174. The van der Waals surface area contributed by atoms with Gasteiger partial charge in [-0.25, -0.2) is 13.1 Å². The highest BCUT2D eigenvalue weighted by molar-refractivity contribution is 7.89. The number of hydrogen-bond donors (Lipinski definition) is 1. The molecular weight excluding hydrogens is 282 g/mol. The first-order valence-corrected chi connectivity index (χ1v) is 7.71. The lowest BCUT2D eigenvalue weighted by Gasteiger charge is -2.02. The molecule has 0 radical (unpaired) electrons. The lowest BCUT2D eigenvalue weighted by atomic mass is 10.3. The van der Waals surface area contributed by atoms with Crippen LogP contribution in [0, 0.1) is 11.8 Å². The van der Waals surface area contributed by atoms with E-state index in [-0.39, 0.29) is 25.7 Å². The first-order chi connectivity index (χ1) is 9.61. The van der Waals surface area contributed by atoms with E-state index in [0.717, 1.165) is 0 Å². The summed E-state index contributed by atoms with van der Waals surface area (Å²) >= 11 is 0. The largest absolute Gasteiger partial charge is 0.481 e. The van der Waals surface area contributed by atoms with Crippen molar-refractivity contribution in [1.29, 1.82) is 0 Å². The highest BCUT2D eigenvalue weighted by Crippen LogP contribution is 2.34. The highest BCUT2D eigenvalue weighted by Gasteiger charge is 2.13. The van der Waals surface area contributed by atoms with Crippen molar-refractivity contribution in [3.8, 4) is 29.1 Å². The standard InChI is InChI=1S/C13H15NO5S/c1-2-20(15,16)14-7-3-4-8-17-11-5-6-12-13(9-11)19-10-18-12/h5-6,9,14H,2,7-8,10H2,1H3. The number of nitrogens with one attached hydrogen (secondary N) is 1. The molecule has 1 aliphatic rings. The van der Waals surface area contributed by atoms with E-state index in [2.05, 4.69) is 16.6 Å². The Morgan fingerprint density at radius 1 is 1.30 bits per heavy atom. The summed E-state index contributed by atoms with van der Waals surface area (Å²) < 4.78 is 40.4. The molecule has 0 aliphatic carbocycles. The topological polar surface area (TPSA) is 73.9 Å². The number of benzene rings is 1. The lowest BCUT2D eigenvalue weighted by Crippen LogP contribution is -2.25. The Balaban J connectivity index is 1.76.